The molecule has 5 heteroatoms. The quantitative estimate of drug-likeness (QED) is 0.386. The highest BCUT2D eigenvalue weighted by molar-refractivity contribution is 7.57. The molecule has 5 rings (SSSR count). The van der Waals surface area contributed by atoms with E-state index in [1.807, 2.05) is 48.5 Å². The molecule has 0 atom stereocenters. The molecule has 4 aromatic carbocycles. The molecule has 138 valence electrons. The second-order valence-electron chi connectivity index (χ2n) is 6.65. The van der Waals surface area contributed by atoms with Gasteiger partial charge < -0.3 is 4.89 Å². The summed E-state index contributed by atoms with van der Waals surface area (Å²) < 4.78 is 11.9. The zero-order valence-corrected chi connectivity index (χ0v) is 16.0. The maximum absolute atomic E-state index is 13.4. The van der Waals surface area contributed by atoms with Gasteiger partial charge >= 0.3 is 8.09 Å². The van der Waals surface area contributed by atoms with Crippen molar-refractivity contribution < 1.29 is 13.9 Å². The highest BCUT2D eigenvalue weighted by Crippen LogP contribution is 2.58. The minimum atomic E-state index is -3.62. The summed E-state index contributed by atoms with van der Waals surface area (Å²) in [6.45, 7) is 3.98. The van der Waals surface area contributed by atoms with Gasteiger partial charge in [-0.3, -0.25) is 9.05 Å². The van der Waals surface area contributed by atoms with E-state index in [1.165, 1.54) is 0 Å². The van der Waals surface area contributed by atoms with Crippen LogP contribution in [0.15, 0.2) is 85.5 Å². The lowest BCUT2D eigenvalue weighted by molar-refractivity contribution is -0.206. The van der Waals surface area contributed by atoms with E-state index in [9.17, 15) is 4.89 Å². The summed E-state index contributed by atoms with van der Waals surface area (Å²) in [5.74, 6) is 1.07. The second-order valence-corrected chi connectivity index (χ2v) is 8.33. The van der Waals surface area contributed by atoms with E-state index < -0.39 is 8.09 Å². The molecule has 4 nitrogen and oxygen atoms in total. The molecule has 0 saturated carbocycles. The van der Waals surface area contributed by atoms with Gasteiger partial charge in [-0.1, -0.05) is 66.7 Å². The van der Waals surface area contributed by atoms with Crippen molar-refractivity contribution in [2.45, 2.75) is 0 Å². The van der Waals surface area contributed by atoms with Crippen LogP contribution >= 0.6 is 8.09 Å². The molecule has 0 saturated heterocycles. The average molecular weight is 387 g/mol. The Bertz CT molecular complexity index is 1130. The van der Waals surface area contributed by atoms with E-state index >= 15 is 0 Å². The molecule has 1 aliphatic rings. The molecule has 0 aromatic heterocycles. The molecule has 0 radical (unpaired) electrons. The van der Waals surface area contributed by atoms with Crippen molar-refractivity contribution in [3.05, 3.63) is 85.5 Å². The van der Waals surface area contributed by atoms with Gasteiger partial charge in [-0.25, -0.2) is 0 Å². The third kappa shape index (κ3) is 2.74. The van der Waals surface area contributed by atoms with Crippen molar-refractivity contribution in [2.75, 3.05) is 6.54 Å². The molecule has 28 heavy (non-hydrogen) atoms. The molecule has 4 aromatic rings. The molecule has 0 bridgehead atoms. The van der Waals surface area contributed by atoms with E-state index in [0.717, 1.165) is 32.7 Å². The van der Waals surface area contributed by atoms with E-state index in [0.29, 0.717) is 18.0 Å². The lowest BCUT2D eigenvalue weighted by Gasteiger charge is -2.25. The van der Waals surface area contributed by atoms with Gasteiger partial charge in [-0.05, 0) is 33.7 Å². The van der Waals surface area contributed by atoms with Crippen LogP contribution in [0.1, 0.15) is 0 Å². The Morgan fingerprint density at radius 3 is 1.79 bits per heavy atom. The van der Waals surface area contributed by atoms with E-state index in [1.54, 1.807) is 6.08 Å². The fourth-order valence-electron chi connectivity index (χ4n) is 3.69. The molecular weight excluding hydrogens is 369 g/mol. The number of benzene rings is 4. The third-order valence-corrected chi connectivity index (χ3v) is 6.34. The highest BCUT2D eigenvalue weighted by Gasteiger charge is 2.39. The number of rotatable bonds is 3. The van der Waals surface area contributed by atoms with Crippen molar-refractivity contribution in [3.8, 4) is 22.6 Å². The largest absolute Gasteiger partial charge is 0.601 e. The molecule has 0 unspecified atom stereocenters. The lowest BCUT2D eigenvalue weighted by Crippen LogP contribution is -2.33. The van der Waals surface area contributed by atoms with Crippen molar-refractivity contribution >= 4 is 29.6 Å². The van der Waals surface area contributed by atoms with Gasteiger partial charge in [-0.2, -0.15) is 0 Å². The molecular formula is C23H18NO3P. The highest BCUT2D eigenvalue weighted by atomic mass is 31.2. The van der Waals surface area contributed by atoms with Crippen LogP contribution in [-0.2, 0) is 0 Å². The monoisotopic (exact) mass is 387 g/mol. The molecule has 0 amide bonds. The first kappa shape index (κ1) is 17.2. The first-order valence-corrected chi connectivity index (χ1v) is 10.6. The van der Waals surface area contributed by atoms with Gasteiger partial charge in [0.15, 0.2) is 11.5 Å². The molecule has 1 N–H and O–H groups in total. The second kappa shape index (κ2) is 6.61. The third-order valence-electron chi connectivity index (χ3n) is 4.90. The van der Waals surface area contributed by atoms with Gasteiger partial charge in [0, 0.05) is 11.1 Å². The van der Waals surface area contributed by atoms with E-state index in [4.69, 9.17) is 9.05 Å². The number of hydrogen-bond acceptors (Lipinski definition) is 4. The van der Waals surface area contributed by atoms with Crippen molar-refractivity contribution in [2.24, 2.45) is 0 Å². The average Bonchev–Trinajstić information content (AvgIpc) is 2.86. The van der Waals surface area contributed by atoms with Crippen LogP contribution in [0.5, 0.6) is 11.5 Å². The number of fused-ring (bicyclic) bond motifs is 7. The lowest BCUT2D eigenvalue weighted by atomic mass is 9.92. The summed E-state index contributed by atoms with van der Waals surface area (Å²) in [5.41, 5.74) is 1.78. The Morgan fingerprint density at radius 1 is 0.786 bits per heavy atom. The molecule has 0 aliphatic carbocycles. The number of hydrogen-bond donors (Lipinski definition) is 1. The van der Waals surface area contributed by atoms with Crippen LogP contribution in [0.25, 0.3) is 32.7 Å². The fraction of sp³-hybridized carbons (Fsp3) is 0.0435. The fourth-order valence-corrected chi connectivity index (χ4v) is 5.03. The van der Waals surface area contributed by atoms with Gasteiger partial charge in [0.25, 0.3) is 0 Å². The van der Waals surface area contributed by atoms with Gasteiger partial charge in [-0.15, -0.1) is 11.7 Å². The van der Waals surface area contributed by atoms with Crippen molar-refractivity contribution in [3.63, 3.8) is 0 Å². The molecule has 0 fully saturated rings. The van der Waals surface area contributed by atoms with Crippen LogP contribution in [0.4, 0.5) is 0 Å². The van der Waals surface area contributed by atoms with Crippen LogP contribution in [-0.4, -0.2) is 6.54 Å². The first-order chi connectivity index (χ1) is 13.7. The minimum absolute atomic E-state index is 0.309. The Balaban J connectivity index is 1.89. The SMILES string of the molecule is C=CCN[P+]1([O-])Oc2ccc3ccccc3c2-c2c(ccc3ccccc23)O1. The van der Waals surface area contributed by atoms with Crippen LogP contribution in [0.3, 0.4) is 0 Å². The molecule has 0 spiro atoms. The van der Waals surface area contributed by atoms with Crippen LogP contribution < -0.4 is 19.0 Å². The summed E-state index contributed by atoms with van der Waals surface area (Å²) in [7, 11) is -3.62. The Hall–Kier alpha value is -2.91. The minimum Gasteiger partial charge on any atom is -0.601 e. The summed E-state index contributed by atoms with van der Waals surface area (Å²) >= 11 is 0. The van der Waals surface area contributed by atoms with Gasteiger partial charge in [0.1, 0.15) is 0 Å². The Kier molecular flexibility index (Phi) is 4.06. The van der Waals surface area contributed by atoms with E-state index in [2.05, 4.69) is 35.9 Å². The zero-order chi connectivity index (χ0) is 19.1. The summed E-state index contributed by atoms with van der Waals surface area (Å²) in [4.78, 5) is 13.4. The van der Waals surface area contributed by atoms with Crippen LogP contribution in [0.2, 0.25) is 0 Å². The number of nitrogens with one attached hydrogen (secondary N) is 1. The first-order valence-electron chi connectivity index (χ1n) is 9.08. The Labute approximate surface area is 163 Å². The summed E-state index contributed by atoms with van der Waals surface area (Å²) in [6, 6.07) is 23.9. The zero-order valence-electron chi connectivity index (χ0n) is 15.1. The van der Waals surface area contributed by atoms with Crippen molar-refractivity contribution in [1.82, 2.24) is 5.09 Å². The molecule has 1 heterocycles. The van der Waals surface area contributed by atoms with Crippen molar-refractivity contribution in [1.29, 1.82) is 0 Å². The Morgan fingerprint density at radius 2 is 1.29 bits per heavy atom. The summed E-state index contributed by atoms with van der Waals surface area (Å²) in [6.07, 6.45) is 1.62. The predicted octanol–water partition coefficient (Wildman–Crippen LogP) is 5.24. The predicted molar refractivity (Wildman–Crippen MR) is 113 cm³/mol. The maximum Gasteiger partial charge on any atom is 0.409 e. The van der Waals surface area contributed by atoms with Crippen LogP contribution in [0, 0.1) is 0 Å². The normalized spacial score (nSPS) is 14.5. The maximum atomic E-state index is 13.4. The summed E-state index contributed by atoms with van der Waals surface area (Å²) in [5, 5.41) is 7.08. The topological polar surface area (TPSA) is 53.5 Å². The molecule has 1 aliphatic heterocycles. The van der Waals surface area contributed by atoms with Gasteiger partial charge in [0.05, 0.1) is 6.54 Å². The smallest absolute Gasteiger partial charge is 0.409 e. The standard InChI is InChI=1S/C23H18NO3P/c1-2-15-24-28(25)26-20-13-11-16-7-3-5-9-18(16)22(20)23-19-10-6-4-8-17(19)12-14-21(23)27-28/h2-14H,1,15H2,(H,24,25). The van der Waals surface area contributed by atoms with E-state index in [-0.39, 0.29) is 0 Å². The van der Waals surface area contributed by atoms with Gasteiger partial charge in [0.2, 0.25) is 0 Å².